The SMILES string of the molecule is Cc1cnc(C)c(NCC[C@H](O)c2ccccc2)n1. The van der Waals surface area contributed by atoms with Crippen LogP contribution in [0.1, 0.15) is 29.5 Å². The molecule has 19 heavy (non-hydrogen) atoms. The number of aromatic nitrogens is 2. The van der Waals surface area contributed by atoms with Crippen LogP contribution in [0.5, 0.6) is 0 Å². The Kier molecular flexibility index (Phi) is 4.47. The minimum atomic E-state index is -0.452. The maximum atomic E-state index is 10.0. The molecule has 1 atom stereocenters. The van der Waals surface area contributed by atoms with Gasteiger partial charge in [-0.1, -0.05) is 30.3 Å². The summed E-state index contributed by atoms with van der Waals surface area (Å²) in [5.74, 6) is 0.792. The number of hydrogen-bond acceptors (Lipinski definition) is 4. The highest BCUT2D eigenvalue weighted by atomic mass is 16.3. The number of aryl methyl sites for hydroxylation is 2. The van der Waals surface area contributed by atoms with E-state index in [1.807, 2.05) is 44.2 Å². The smallest absolute Gasteiger partial charge is 0.147 e. The number of nitrogens with zero attached hydrogens (tertiary/aromatic N) is 2. The van der Waals surface area contributed by atoms with Crippen molar-refractivity contribution in [2.24, 2.45) is 0 Å². The van der Waals surface area contributed by atoms with Crippen molar-refractivity contribution in [3.05, 3.63) is 53.5 Å². The number of hydrogen-bond donors (Lipinski definition) is 2. The summed E-state index contributed by atoms with van der Waals surface area (Å²) in [5.41, 5.74) is 2.70. The molecule has 0 aliphatic heterocycles. The number of rotatable bonds is 5. The minimum absolute atomic E-state index is 0.452. The van der Waals surface area contributed by atoms with E-state index in [9.17, 15) is 5.11 Å². The van der Waals surface area contributed by atoms with Crippen LogP contribution in [0.4, 0.5) is 5.82 Å². The van der Waals surface area contributed by atoms with E-state index < -0.39 is 6.10 Å². The van der Waals surface area contributed by atoms with Crippen molar-refractivity contribution in [2.75, 3.05) is 11.9 Å². The van der Waals surface area contributed by atoms with Crippen molar-refractivity contribution >= 4 is 5.82 Å². The van der Waals surface area contributed by atoms with Gasteiger partial charge in [-0.25, -0.2) is 4.98 Å². The van der Waals surface area contributed by atoms with Gasteiger partial charge in [-0.3, -0.25) is 4.98 Å². The monoisotopic (exact) mass is 257 g/mol. The highest BCUT2D eigenvalue weighted by molar-refractivity contribution is 5.39. The molecule has 4 nitrogen and oxygen atoms in total. The topological polar surface area (TPSA) is 58.0 Å². The third-order valence-corrected chi connectivity index (χ3v) is 2.97. The summed E-state index contributed by atoms with van der Waals surface area (Å²) in [5, 5.41) is 13.3. The van der Waals surface area contributed by atoms with E-state index >= 15 is 0 Å². The predicted octanol–water partition coefficient (Wildman–Crippen LogP) is 2.63. The maximum absolute atomic E-state index is 10.0. The first-order chi connectivity index (χ1) is 9.16. The number of aliphatic hydroxyl groups is 1. The molecule has 1 aromatic carbocycles. The van der Waals surface area contributed by atoms with Gasteiger partial charge in [0.2, 0.25) is 0 Å². The molecule has 1 aromatic heterocycles. The Morgan fingerprint density at radius 3 is 2.68 bits per heavy atom. The zero-order valence-electron chi connectivity index (χ0n) is 11.3. The summed E-state index contributed by atoms with van der Waals surface area (Å²) in [6.07, 6.45) is 1.94. The van der Waals surface area contributed by atoms with Crippen molar-refractivity contribution in [3.8, 4) is 0 Å². The van der Waals surface area contributed by atoms with E-state index in [0.717, 1.165) is 22.8 Å². The van der Waals surface area contributed by atoms with Crippen molar-refractivity contribution in [1.29, 1.82) is 0 Å². The third-order valence-electron chi connectivity index (χ3n) is 2.97. The molecule has 1 heterocycles. The molecule has 0 aliphatic rings. The highest BCUT2D eigenvalue weighted by Crippen LogP contribution is 2.16. The fourth-order valence-electron chi connectivity index (χ4n) is 1.87. The fourth-order valence-corrected chi connectivity index (χ4v) is 1.87. The minimum Gasteiger partial charge on any atom is -0.388 e. The lowest BCUT2D eigenvalue weighted by Gasteiger charge is -2.13. The highest BCUT2D eigenvalue weighted by Gasteiger charge is 2.07. The van der Waals surface area contributed by atoms with E-state index in [1.165, 1.54) is 0 Å². The zero-order chi connectivity index (χ0) is 13.7. The lowest BCUT2D eigenvalue weighted by molar-refractivity contribution is 0.171. The Bertz CT molecular complexity index is 528. The molecule has 0 amide bonds. The van der Waals surface area contributed by atoms with E-state index in [1.54, 1.807) is 6.20 Å². The van der Waals surface area contributed by atoms with E-state index in [-0.39, 0.29) is 0 Å². The molecule has 2 aromatic rings. The van der Waals surface area contributed by atoms with Crippen LogP contribution in [0.2, 0.25) is 0 Å². The molecule has 0 aliphatic carbocycles. The largest absolute Gasteiger partial charge is 0.388 e. The number of aliphatic hydroxyl groups excluding tert-OH is 1. The molecular formula is C15H19N3O. The van der Waals surface area contributed by atoms with Crippen LogP contribution < -0.4 is 5.32 Å². The second-order valence-corrected chi connectivity index (χ2v) is 4.59. The quantitative estimate of drug-likeness (QED) is 0.864. The summed E-state index contributed by atoms with van der Waals surface area (Å²) < 4.78 is 0. The van der Waals surface area contributed by atoms with E-state index in [2.05, 4.69) is 15.3 Å². The molecule has 0 fully saturated rings. The van der Waals surface area contributed by atoms with Gasteiger partial charge in [-0.15, -0.1) is 0 Å². The Morgan fingerprint density at radius 1 is 1.21 bits per heavy atom. The molecule has 0 saturated carbocycles. The van der Waals surface area contributed by atoms with Gasteiger partial charge in [0.05, 0.1) is 17.5 Å². The van der Waals surface area contributed by atoms with Crippen molar-refractivity contribution in [2.45, 2.75) is 26.4 Å². The molecular weight excluding hydrogens is 238 g/mol. The zero-order valence-corrected chi connectivity index (χ0v) is 11.3. The van der Waals surface area contributed by atoms with Crippen LogP contribution >= 0.6 is 0 Å². The second kappa shape index (κ2) is 6.29. The third kappa shape index (κ3) is 3.76. The van der Waals surface area contributed by atoms with Crippen molar-refractivity contribution in [1.82, 2.24) is 9.97 Å². The molecule has 0 radical (unpaired) electrons. The molecule has 0 saturated heterocycles. The fraction of sp³-hybridized carbons (Fsp3) is 0.333. The lowest BCUT2D eigenvalue weighted by atomic mass is 10.1. The van der Waals surface area contributed by atoms with Gasteiger partial charge in [0.15, 0.2) is 0 Å². The Labute approximate surface area is 113 Å². The first-order valence-corrected chi connectivity index (χ1v) is 6.44. The summed E-state index contributed by atoms with van der Waals surface area (Å²) in [7, 11) is 0. The van der Waals surface area contributed by atoms with Crippen molar-refractivity contribution in [3.63, 3.8) is 0 Å². The average molecular weight is 257 g/mol. The summed E-state index contributed by atoms with van der Waals surface area (Å²) >= 11 is 0. The van der Waals surface area contributed by atoms with Crippen LogP contribution in [0.15, 0.2) is 36.5 Å². The number of benzene rings is 1. The van der Waals surface area contributed by atoms with Crippen LogP contribution in [0, 0.1) is 13.8 Å². The summed E-state index contributed by atoms with van der Waals surface area (Å²) in [6, 6.07) is 9.68. The van der Waals surface area contributed by atoms with Gasteiger partial charge >= 0.3 is 0 Å². The predicted molar refractivity (Wildman–Crippen MR) is 76.0 cm³/mol. The van der Waals surface area contributed by atoms with Crippen LogP contribution in [-0.4, -0.2) is 21.6 Å². The second-order valence-electron chi connectivity index (χ2n) is 4.59. The van der Waals surface area contributed by atoms with Crippen LogP contribution in [0.3, 0.4) is 0 Å². The molecule has 2 N–H and O–H groups in total. The molecule has 4 heteroatoms. The lowest BCUT2D eigenvalue weighted by Crippen LogP contribution is -2.10. The first kappa shape index (κ1) is 13.5. The summed E-state index contributed by atoms with van der Waals surface area (Å²) in [6.45, 7) is 4.49. The van der Waals surface area contributed by atoms with Crippen molar-refractivity contribution < 1.29 is 5.11 Å². The molecule has 2 rings (SSSR count). The Hall–Kier alpha value is -1.94. The molecule has 0 bridgehead atoms. The Balaban J connectivity index is 1.88. The van der Waals surface area contributed by atoms with Crippen LogP contribution in [-0.2, 0) is 0 Å². The van der Waals surface area contributed by atoms with Gasteiger partial charge < -0.3 is 10.4 Å². The van der Waals surface area contributed by atoms with Gasteiger partial charge in [-0.05, 0) is 25.8 Å². The van der Waals surface area contributed by atoms with Gasteiger partial charge in [0.25, 0.3) is 0 Å². The van der Waals surface area contributed by atoms with Gasteiger partial charge in [0.1, 0.15) is 5.82 Å². The average Bonchev–Trinajstić information content (AvgIpc) is 2.43. The molecule has 100 valence electrons. The van der Waals surface area contributed by atoms with E-state index in [4.69, 9.17) is 0 Å². The maximum Gasteiger partial charge on any atom is 0.147 e. The summed E-state index contributed by atoms with van der Waals surface area (Å²) in [4.78, 5) is 8.63. The van der Waals surface area contributed by atoms with Gasteiger partial charge in [-0.2, -0.15) is 0 Å². The standard InChI is InChI=1S/C15H19N3O/c1-11-10-17-12(2)15(18-11)16-9-8-14(19)13-6-4-3-5-7-13/h3-7,10,14,19H,8-9H2,1-2H3,(H,16,18)/t14-/m0/s1. The van der Waals surface area contributed by atoms with E-state index in [0.29, 0.717) is 13.0 Å². The Morgan fingerprint density at radius 2 is 1.95 bits per heavy atom. The van der Waals surface area contributed by atoms with Gasteiger partial charge in [0, 0.05) is 12.7 Å². The van der Waals surface area contributed by atoms with Crippen LogP contribution in [0.25, 0.3) is 0 Å². The molecule has 0 unspecified atom stereocenters. The number of nitrogens with one attached hydrogen (secondary N) is 1. The normalized spacial score (nSPS) is 12.2. The first-order valence-electron chi connectivity index (χ1n) is 6.44. The number of anilines is 1. The molecule has 0 spiro atoms.